The van der Waals surface area contributed by atoms with Gasteiger partial charge < -0.3 is 0 Å². The Hall–Kier alpha value is -0.830. The summed E-state index contributed by atoms with van der Waals surface area (Å²) >= 11 is 15.0. The molecule has 0 atom stereocenters. The van der Waals surface area contributed by atoms with Crippen LogP contribution >= 0.6 is 39.1 Å². The fourth-order valence-electron chi connectivity index (χ4n) is 1.41. The zero-order chi connectivity index (χ0) is 12.4. The molecule has 0 radical (unpaired) electrons. The third-order valence-corrected chi connectivity index (χ3v) is 3.77. The minimum atomic E-state index is -0.0731. The Balaban J connectivity index is 2.37. The average molecular weight is 330 g/mol. The first-order valence-electron chi connectivity index (χ1n) is 4.83. The molecule has 17 heavy (non-hydrogen) atoms. The first kappa shape index (κ1) is 12.6. The highest BCUT2D eigenvalue weighted by Gasteiger charge is 2.10. The molecule has 0 amide bonds. The van der Waals surface area contributed by atoms with Crippen molar-refractivity contribution in [1.82, 2.24) is 0 Å². The largest absolute Gasteiger partial charge is 0.289 e. The number of benzene rings is 2. The quantitative estimate of drug-likeness (QED) is 0.709. The molecular formula is C13H7BrCl2O. The Bertz CT molecular complexity index is 564. The Morgan fingerprint density at radius 1 is 0.941 bits per heavy atom. The second-order valence-corrected chi connectivity index (χ2v) is 5.16. The summed E-state index contributed by atoms with van der Waals surface area (Å²) in [5.74, 6) is -0.0731. The number of hydrogen-bond acceptors (Lipinski definition) is 1. The molecule has 2 aromatic rings. The Labute approximate surface area is 117 Å². The first-order valence-corrected chi connectivity index (χ1v) is 6.38. The molecular weight excluding hydrogens is 323 g/mol. The number of halogens is 3. The number of rotatable bonds is 2. The van der Waals surface area contributed by atoms with Gasteiger partial charge in [0.1, 0.15) is 0 Å². The van der Waals surface area contributed by atoms with Crippen molar-refractivity contribution >= 4 is 44.9 Å². The number of hydrogen-bond donors (Lipinski definition) is 0. The number of ketones is 1. The molecule has 0 saturated carbocycles. The standard InChI is InChI=1S/C13H7BrCl2O/c14-11-6-3-9(7-12(11)16)13(17)8-1-4-10(15)5-2-8/h1-7H. The van der Waals surface area contributed by atoms with Crippen LogP contribution in [-0.2, 0) is 0 Å². The normalized spacial score (nSPS) is 10.3. The summed E-state index contributed by atoms with van der Waals surface area (Å²) in [7, 11) is 0. The Kier molecular flexibility index (Phi) is 3.87. The van der Waals surface area contributed by atoms with E-state index in [1.54, 1.807) is 42.5 Å². The van der Waals surface area contributed by atoms with E-state index in [0.717, 1.165) is 4.47 Å². The molecule has 2 rings (SSSR count). The molecule has 4 heteroatoms. The lowest BCUT2D eigenvalue weighted by Crippen LogP contribution is -2.00. The van der Waals surface area contributed by atoms with Crippen molar-refractivity contribution in [1.29, 1.82) is 0 Å². The van der Waals surface area contributed by atoms with Crippen LogP contribution in [0, 0.1) is 0 Å². The summed E-state index contributed by atoms with van der Waals surface area (Å²) in [5, 5.41) is 1.13. The van der Waals surface area contributed by atoms with E-state index < -0.39 is 0 Å². The van der Waals surface area contributed by atoms with E-state index >= 15 is 0 Å². The van der Waals surface area contributed by atoms with Crippen LogP contribution in [0.5, 0.6) is 0 Å². The molecule has 0 aromatic heterocycles. The molecule has 0 N–H and O–H groups in total. The van der Waals surface area contributed by atoms with Gasteiger partial charge in [-0.1, -0.05) is 23.2 Å². The van der Waals surface area contributed by atoms with Crippen molar-refractivity contribution in [2.24, 2.45) is 0 Å². The van der Waals surface area contributed by atoms with E-state index in [-0.39, 0.29) is 5.78 Å². The second-order valence-electron chi connectivity index (χ2n) is 3.46. The van der Waals surface area contributed by atoms with Crippen LogP contribution in [0.4, 0.5) is 0 Å². The maximum Gasteiger partial charge on any atom is 0.193 e. The zero-order valence-corrected chi connectivity index (χ0v) is 11.7. The molecule has 0 fully saturated rings. The number of carbonyl (C=O) groups excluding carboxylic acids is 1. The van der Waals surface area contributed by atoms with Gasteiger partial charge in [0.2, 0.25) is 0 Å². The van der Waals surface area contributed by atoms with Gasteiger partial charge in [0.25, 0.3) is 0 Å². The molecule has 0 aliphatic heterocycles. The molecule has 0 unspecified atom stereocenters. The van der Waals surface area contributed by atoms with Crippen LogP contribution in [-0.4, -0.2) is 5.78 Å². The average Bonchev–Trinajstić information content (AvgIpc) is 2.33. The molecule has 86 valence electrons. The molecule has 0 spiro atoms. The van der Waals surface area contributed by atoms with Gasteiger partial charge in [0, 0.05) is 20.6 Å². The van der Waals surface area contributed by atoms with Crippen molar-refractivity contribution in [2.75, 3.05) is 0 Å². The van der Waals surface area contributed by atoms with Gasteiger partial charge in [0.15, 0.2) is 5.78 Å². The molecule has 0 heterocycles. The highest BCUT2D eigenvalue weighted by molar-refractivity contribution is 9.10. The van der Waals surface area contributed by atoms with Gasteiger partial charge in [-0.2, -0.15) is 0 Å². The fourth-order valence-corrected chi connectivity index (χ4v) is 1.96. The summed E-state index contributed by atoms with van der Waals surface area (Å²) in [5.41, 5.74) is 1.15. The van der Waals surface area contributed by atoms with Crippen molar-refractivity contribution in [3.8, 4) is 0 Å². The van der Waals surface area contributed by atoms with E-state index in [1.807, 2.05) is 0 Å². The maximum atomic E-state index is 12.1. The summed E-state index contributed by atoms with van der Waals surface area (Å²) < 4.78 is 0.770. The van der Waals surface area contributed by atoms with Gasteiger partial charge in [-0.15, -0.1) is 0 Å². The lowest BCUT2D eigenvalue weighted by molar-refractivity contribution is 0.103. The zero-order valence-electron chi connectivity index (χ0n) is 8.58. The molecule has 0 bridgehead atoms. The van der Waals surface area contributed by atoms with Crippen LogP contribution < -0.4 is 0 Å². The van der Waals surface area contributed by atoms with Crippen molar-refractivity contribution < 1.29 is 4.79 Å². The highest BCUT2D eigenvalue weighted by atomic mass is 79.9. The van der Waals surface area contributed by atoms with E-state index in [4.69, 9.17) is 23.2 Å². The molecule has 0 aliphatic rings. The van der Waals surface area contributed by atoms with Gasteiger partial charge in [-0.05, 0) is 58.4 Å². The van der Waals surface area contributed by atoms with Gasteiger partial charge >= 0.3 is 0 Å². The lowest BCUT2D eigenvalue weighted by atomic mass is 10.0. The third kappa shape index (κ3) is 2.89. The van der Waals surface area contributed by atoms with E-state index in [0.29, 0.717) is 21.2 Å². The molecule has 2 aromatic carbocycles. The van der Waals surface area contributed by atoms with Crippen molar-refractivity contribution in [3.63, 3.8) is 0 Å². The Morgan fingerprint density at radius 2 is 1.53 bits per heavy atom. The predicted molar refractivity (Wildman–Crippen MR) is 74.0 cm³/mol. The summed E-state index contributed by atoms with van der Waals surface area (Å²) in [6, 6.07) is 11.9. The van der Waals surface area contributed by atoms with Crippen LogP contribution in [0.2, 0.25) is 10.0 Å². The van der Waals surface area contributed by atoms with Crippen molar-refractivity contribution in [3.05, 3.63) is 68.1 Å². The summed E-state index contributed by atoms with van der Waals surface area (Å²) in [4.78, 5) is 12.1. The van der Waals surface area contributed by atoms with E-state index in [9.17, 15) is 4.79 Å². The van der Waals surface area contributed by atoms with Crippen LogP contribution in [0.25, 0.3) is 0 Å². The topological polar surface area (TPSA) is 17.1 Å². The van der Waals surface area contributed by atoms with Crippen molar-refractivity contribution in [2.45, 2.75) is 0 Å². The van der Waals surface area contributed by atoms with Gasteiger partial charge in [-0.25, -0.2) is 0 Å². The lowest BCUT2D eigenvalue weighted by Gasteiger charge is -2.03. The Morgan fingerprint density at radius 3 is 2.12 bits per heavy atom. The smallest absolute Gasteiger partial charge is 0.193 e. The van der Waals surface area contributed by atoms with Gasteiger partial charge in [0.05, 0.1) is 5.02 Å². The molecule has 1 nitrogen and oxygen atoms in total. The number of carbonyl (C=O) groups is 1. The predicted octanol–water partition coefficient (Wildman–Crippen LogP) is 4.99. The second kappa shape index (κ2) is 5.21. The first-order chi connectivity index (χ1) is 8.08. The minimum Gasteiger partial charge on any atom is -0.289 e. The minimum absolute atomic E-state index is 0.0731. The monoisotopic (exact) mass is 328 g/mol. The van der Waals surface area contributed by atoms with E-state index in [2.05, 4.69) is 15.9 Å². The van der Waals surface area contributed by atoms with Crippen LogP contribution in [0.3, 0.4) is 0 Å². The SMILES string of the molecule is O=C(c1ccc(Cl)cc1)c1ccc(Br)c(Cl)c1. The van der Waals surface area contributed by atoms with Gasteiger partial charge in [-0.3, -0.25) is 4.79 Å². The maximum absolute atomic E-state index is 12.1. The molecule has 0 saturated heterocycles. The third-order valence-electron chi connectivity index (χ3n) is 2.29. The van der Waals surface area contributed by atoms with E-state index in [1.165, 1.54) is 0 Å². The van der Waals surface area contributed by atoms with Crippen LogP contribution in [0.15, 0.2) is 46.9 Å². The highest BCUT2D eigenvalue weighted by Crippen LogP contribution is 2.24. The van der Waals surface area contributed by atoms with Crippen LogP contribution in [0.1, 0.15) is 15.9 Å². The summed E-state index contributed by atoms with van der Waals surface area (Å²) in [6.07, 6.45) is 0. The summed E-state index contributed by atoms with van der Waals surface area (Å²) in [6.45, 7) is 0. The molecule has 0 aliphatic carbocycles. The fraction of sp³-hybridized carbons (Fsp3) is 0.